The molecule has 4 aromatic heterocycles. The summed E-state index contributed by atoms with van der Waals surface area (Å²) >= 11 is 2.72. The fraction of sp³-hybridized carbons (Fsp3) is 0.250. The van der Waals surface area contributed by atoms with Crippen LogP contribution in [-0.4, -0.2) is 67.7 Å². The van der Waals surface area contributed by atoms with Gasteiger partial charge in [-0.2, -0.15) is 18.3 Å². The van der Waals surface area contributed by atoms with Gasteiger partial charge in [0.1, 0.15) is 10.8 Å². The number of rotatable bonds is 9. The van der Waals surface area contributed by atoms with Gasteiger partial charge in [0, 0.05) is 48.7 Å². The van der Waals surface area contributed by atoms with Crippen molar-refractivity contribution in [1.29, 1.82) is 0 Å². The first-order valence-corrected chi connectivity index (χ1v) is 17.9. The Morgan fingerprint density at radius 1 is 1.00 bits per heavy atom. The Morgan fingerprint density at radius 3 is 2.54 bits per heavy atom. The SMILES string of the molecule is C[C@@H](OC(=O)Cc1nn(Cc2nc3cc(C(F)(F)F)ccc3s2)c(=O)c2ccccc12)c1nccc(N2CCN(C(=O)/C=C/c3cccs3)CC2)n1. The monoisotopic (exact) mass is 745 g/mol. The molecule has 0 N–H and O–H groups in total. The summed E-state index contributed by atoms with van der Waals surface area (Å²) in [7, 11) is 0. The van der Waals surface area contributed by atoms with Crippen molar-refractivity contribution in [2.75, 3.05) is 31.1 Å². The van der Waals surface area contributed by atoms with Gasteiger partial charge in [-0.25, -0.2) is 19.6 Å². The van der Waals surface area contributed by atoms with Crippen molar-refractivity contribution >= 4 is 67.4 Å². The van der Waals surface area contributed by atoms with Crippen LogP contribution in [0.3, 0.4) is 0 Å². The van der Waals surface area contributed by atoms with E-state index in [0.717, 1.165) is 33.0 Å². The quantitative estimate of drug-likeness (QED) is 0.127. The van der Waals surface area contributed by atoms with Crippen LogP contribution in [0.25, 0.3) is 27.1 Å². The van der Waals surface area contributed by atoms with Crippen LogP contribution in [0.15, 0.2) is 83.1 Å². The smallest absolute Gasteiger partial charge is 0.416 e. The van der Waals surface area contributed by atoms with Gasteiger partial charge >= 0.3 is 12.1 Å². The molecule has 0 aliphatic carbocycles. The molecule has 0 unspecified atom stereocenters. The van der Waals surface area contributed by atoms with Gasteiger partial charge in [0.15, 0.2) is 11.9 Å². The zero-order chi connectivity index (χ0) is 36.4. The average molecular weight is 746 g/mol. The van der Waals surface area contributed by atoms with E-state index in [4.69, 9.17) is 4.74 Å². The van der Waals surface area contributed by atoms with Crippen molar-refractivity contribution in [2.24, 2.45) is 0 Å². The van der Waals surface area contributed by atoms with E-state index in [0.29, 0.717) is 64.0 Å². The number of ether oxygens (including phenoxy) is 1. The van der Waals surface area contributed by atoms with E-state index >= 15 is 0 Å². The number of esters is 1. The van der Waals surface area contributed by atoms with Crippen LogP contribution < -0.4 is 10.5 Å². The van der Waals surface area contributed by atoms with Gasteiger partial charge in [0.25, 0.3) is 5.56 Å². The second kappa shape index (κ2) is 14.6. The first-order valence-electron chi connectivity index (χ1n) is 16.2. The number of benzene rings is 2. The van der Waals surface area contributed by atoms with Crippen molar-refractivity contribution < 1.29 is 27.5 Å². The number of fused-ring (bicyclic) bond motifs is 2. The highest BCUT2D eigenvalue weighted by molar-refractivity contribution is 7.18. The first-order chi connectivity index (χ1) is 25.0. The molecule has 0 radical (unpaired) electrons. The second-order valence-electron chi connectivity index (χ2n) is 12.0. The fourth-order valence-corrected chi connectivity index (χ4v) is 7.40. The summed E-state index contributed by atoms with van der Waals surface area (Å²) in [5.74, 6) is 0.287. The van der Waals surface area contributed by atoms with Crippen molar-refractivity contribution in [3.63, 3.8) is 0 Å². The molecule has 1 aliphatic heterocycles. The summed E-state index contributed by atoms with van der Waals surface area (Å²) in [6.07, 6.45) is -0.574. The number of thiazole rings is 1. The van der Waals surface area contributed by atoms with Crippen LogP contribution in [0.4, 0.5) is 19.0 Å². The van der Waals surface area contributed by atoms with Crippen LogP contribution in [-0.2, 0) is 33.5 Å². The number of nitrogens with zero attached hydrogens (tertiary/aromatic N) is 7. The maximum atomic E-state index is 13.4. The van der Waals surface area contributed by atoms with Crippen molar-refractivity contribution in [3.8, 4) is 0 Å². The third-order valence-corrected chi connectivity index (χ3v) is 10.3. The van der Waals surface area contributed by atoms with Crippen LogP contribution in [0, 0.1) is 0 Å². The molecule has 0 saturated carbocycles. The van der Waals surface area contributed by atoms with E-state index in [9.17, 15) is 27.6 Å². The topological polar surface area (TPSA) is 123 Å². The summed E-state index contributed by atoms with van der Waals surface area (Å²) in [4.78, 5) is 57.5. The number of hydrogen-bond acceptors (Lipinski definition) is 11. The summed E-state index contributed by atoms with van der Waals surface area (Å²) in [6.45, 7) is 3.76. The molecule has 1 fully saturated rings. The maximum absolute atomic E-state index is 13.4. The highest BCUT2D eigenvalue weighted by Gasteiger charge is 2.31. The van der Waals surface area contributed by atoms with Crippen LogP contribution in [0.1, 0.15) is 40.0 Å². The third-order valence-electron chi connectivity index (χ3n) is 8.48. The summed E-state index contributed by atoms with van der Waals surface area (Å²) < 4.78 is 47.1. The van der Waals surface area contributed by atoms with Crippen molar-refractivity contribution in [2.45, 2.75) is 32.2 Å². The third kappa shape index (κ3) is 7.72. The molecule has 6 aromatic rings. The zero-order valence-corrected chi connectivity index (χ0v) is 29.2. The molecule has 7 rings (SSSR count). The number of carbonyl (C=O) groups is 2. The van der Waals surface area contributed by atoms with Crippen molar-refractivity contribution in [3.05, 3.63) is 116 Å². The number of amides is 1. The van der Waals surface area contributed by atoms with E-state index in [2.05, 4.69) is 20.1 Å². The Kier molecular flexibility index (Phi) is 9.83. The zero-order valence-electron chi connectivity index (χ0n) is 27.6. The van der Waals surface area contributed by atoms with Crippen LogP contribution in [0.5, 0.6) is 0 Å². The largest absolute Gasteiger partial charge is 0.454 e. The molecule has 16 heteroatoms. The summed E-state index contributed by atoms with van der Waals surface area (Å²) in [5, 5.41) is 7.63. The normalized spacial score (nSPS) is 14.4. The van der Waals surface area contributed by atoms with Gasteiger partial charge in [-0.3, -0.25) is 14.4 Å². The van der Waals surface area contributed by atoms with E-state index in [1.807, 2.05) is 28.5 Å². The Hall–Kier alpha value is -5.48. The van der Waals surface area contributed by atoms with Gasteiger partial charge in [-0.05, 0) is 54.8 Å². The maximum Gasteiger partial charge on any atom is 0.416 e. The van der Waals surface area contributed by atoms with Crippen molar-refractivity contribution in [1.82, 2.24) is 29.6 Å². The number of aromatic nitrogens is 5. The van der Waals surface area contributed by atoms with E-state index in [1.54, 1.807) is 65.8 Å². The Labute approximate surface area is 302 Å². The number of carbonyl (C=O) groups excluding carboxylic acids is 2. The van der Waals surface area contributed by atoms with Crippen LogP contribution in [0.2, 0.25) is 0 Å². The molecule has 2 aromatic carbocycles. The predicted octanol–water partition coefficient (Wildman–Crippen LogP) is 6.13. The van der Waals surface area contributed by atoms with Gasteiger partial charge in [-0.15, -0.1) is 22.7 Å². The van der Waals surface area contributed by atoms with Gasteiger partial charge < -0.3 is 14.5 Å². The van der Waals surface area contributed by atoms with Gasteiger partial charge in [0.2, 0.25) is 5.91 Å². The lowest BCUT2D eigenvalue weighted by molar-refractivity contribution is -0.148. The lowest BCUT2D eigenvalue weighted by Crippen LogP contribution is -2.48. The number of halogens is 3. The minimum absolute atomic E-state index is 0.0469. The fourth-order valence-electron chi connectivity index (χ4n) is 5.86. The predicted molar refractivity (Wildman–Crippen MR) is 192 cm³/mol. The van der Waals surface area contributed by atoms with Gasteiger partial charge in [-0.1, -0.05) is 24.3 Å². The minimum atomic E-state index is -4.51. The Morgan fingerprint density at radius 2 is 1.79 bits per heavy atom. The van der Waals surface area contributed by atoms with E-state index in [-0.39, 0.29) is 24.4 Å². The minimum Gasteiger partial charge on any atom is -0.454 e. The molecule has 0 spiro atoms. The highest BCUT2D eigenvalue weighted by Crippen LogP contribution is 2.33. The summed E-state index contributed by atoms with van der Waals surface area (Å²) in [6, 6.07) is 15.7. The Balaban J connectivity index is 1.02. The van der Waals surface area contributed by atoms with Crippen LogP contribution >= 0.6 is 22.7 Å². The molecule has 11 nitrogen and oxygen atoms in total. The van der Waals surface area contributed by atoms with E-state index < -0.39 is 29.4 Å². The molecular formula is C36H30F3N7O4S2. The molecule has 0 bridgehead atoms. The number of thiophene rings is 1. The lowest BCUT2D eigenvalue weighted by Gasteiger charge is -2.35. The highest BCUT2D eigenvalue weighted by atomic mass is 32.1. The molecule has 1 amide bonds. The first kappa shape index (κ1) is 34.9. The molecule has 1 aliphatic rings. The molecule has 1 saturated heterocycles. The average Bonchev–Trinajstić information content (AvgIpc) is 3.82. The summed E-state index contributed by atoms with van der Waals surface area (Å²) in [5.41, 5.74) is -0.778. The molecule has 266 valence electrons. The lowest BCUT2D eigenvalue weighted by atomic mass is 10.1. The second-order valence-corrected chi connectivity index (χ2v) is 14.1. The number of hydrogen-bond donors (Lipinski definition) is 0. The number of piperazine rings is 1. The molecule has 1 atom stereocenters. The number of alkyl halides is 3. The van der Waals surface area contributed by atoms with Gasteiger partial charge in [0.05, 0.1) is 39.8 Å². The molecular weight excluding hydrogens is 716 g/mol. The standard InChI is InChI=1S/C36H30F3N7O4S2/c1-22(34-40-13-12-30(42-34)44-14-16-45(17-15-44)32(47)11-9-24-5-4-18-51-24)50-33(48)20-27-25-6-2-3-7-26(25)35(49)46(43-27)21-31-41-28-19-23(36(37,38)39)8-10-29(28)52-31/h2-13,18-19,22H,14-17,20-21H2,1H3/b11-9+/t22-/m1/s1. The van der Waals surface area contributed by atoms with E-state index in [1.165, 1.54) is 6.07 Å². The molecule has 5 heterocycles. The number of anilines is 1. The Bertz CT molecular complexity index is 2350. The molecule has 52 heavy (non-hydrogen) atoms.